The second kappa shape index (κ2) is 7.57. The van der Waals surface area contributed by atoms with Crippen LogP contribution in [-0.2, 0) is 0 Å². The minimum atomic E-state index is -0.108. The monoisotopic (exact) mass is 312 g/mol. The van der Waals surface area contributed by atoms with Crippen LogP contribution >= 0.6 is 12.4 Å². The van der Waals surface area contributed by atoms with Gasteiger partial charge in [-0.05, 0) is 68.4 Å². The molecular weight excluding hydrogens is 287 g/mol. The Morgan fingerprint density at radius 1 is 1.24 bits per heavy atom. The average molecular weight is 313 g/mol. The third-order valence-corrected chi connectivity index (χ3v) is 4.95. The molecule has 2 aliphatic heterocycles. The van der Waals surface area contributed by atoms with Gasteiger partial charge >= 0.3 is 0 Å². The van der Waals surface area contributed by atoms with Crippen molar-refractivity contribution in [1.29, 1.82) is 0 Å². The lowest BCUT2D eigenvalue weighted by atomic mass is 9.93. The number of hydrogen-bond acceptors (Lipinski definition) is 2. The normalized spacial score (nSPS) is 27.5. The number of hydrogen-bond donors (Lipinski definition) is 1. The first-order chi connectivity index (χ1) is 9.74. The Hall–Kier alpha value is -0.640. The molecule has 0 bridgehead atoms. The van der Waals surface area contributed by atoms with E-state index in [1.54, 1.807) is 12.1 Å². The number of halogens is 2. The van der Waals surface area contributed by atoms with Gasteiger partial charge in [0.25, 0.3) is 0 Å². The molecule has 1 aromatic rings. The van der Waals surface area contributed by atoms with E-state index in [9.17, 15) is 4.39 Å². The molecule has 1 N–H and O–H groups in total. The van der Waals surface area contributed by atoms with Crippen molar-refractivity contribution >= 4 is 12.4 Å². The molecule has 118 valence electrons. The largest absolute Gasteiger partial charge is 0.317 e. The number of rotatable bonds is 3. The molecule has 2 fully saturated rings. The van der Waals surface area contributed by atoms with Crippen molar-refractivity contribution in [2.24, 2.45) is 11.8 Å². The molecule has 0 spiro atoms. The highest BCUT2D eigenvalue weighted by atomic mass is 35.5. The molecule has 3 rings (SSSR count). The standard InChI is InChI=1S/C17H25FN2.ClH/c1-13-7-10-20(12-14-5-8-19-9-6-14)17(13)15-3-2-4-16(18)11-15;/h2-4,11,13-14,17,19H,5-10,12H2,1H3;1H. The van der Waals surface area contributed by atoms with Gasteiger partial charge in [0.2, 0.25) is 0 Å². The van der Waals surface area contributed by atoms with E-state index in [0.29, 0.717) is 12.0 Å². The van der Waals surface area contributed by atoms with Crippen LogP contribution in [0.25, 0.3) is 0 Å². The summed E-state index contributed by atoms with van der Waals surface area (Å²) in [6.07, 6.45) is 3.79. The van der Waals surface area contributed by atoms with Crippen LogP contribution in [-0.4, -0.2) is 31.1 Å². The van der Waals surface area contributed by atoms with Gasteiger partial charge in [0.15, 0.2) is 0 Å². The van der Waals surface area contributed by atoms with E-state index >= 15 is 0 Å². The second-order valence-corrected chi connectivity index (χ2v) is 6.45. The van der Waals surface area contributed by atoms with Crippen LogP contribution in [0.2, 0.25) is 0 Å². The molecule has 0 aromatic heterocycles. The van der Waals surface area contributed by atoms with Gasteiger partial charge < -0.3 is 5.32 Å². The summed E-state index contributed by atoms with van der Waals surface area (Å²) in [6.45, 7) is 6.94. The van der Waals surface area contributed by atoms with Gasteiger partial charge in [0, 0.05) is 12.6 Å². The fourth-order valence-electron chi connectivity index (χ4n) is 3.86. The Morgan fingerprint density at radius 2 is 2.00 bits per heavy atom. The Kier molecular flexibility index (Phi) is 6.03. The van der Waals surface area contributed by atoms with Crippen LogP contribution in [0.3, 0.4) is 0 Å². The topological polar surface area (TPSA) is 15.3 Å². The van der Waals surface area contributed by atoms with Crippen molar-refractivity contribution in [1.82, 2.24) is 10.2 Å². The van der Waals surface area contributed by atoms with Crippen LogP contribution in [0.5, 0.6) is 0 Å². The number of likely N-dealkylation sites (tertiary alicyclic amines) is 1. The van der Waals surface area contributed by atoms with E-state index in [0.717, 1.165) is 31.1 Å². The summed E-state index contributed by atoms with van der Waals surface area (Å²) in [7, 11) is 0. The van der Waals surface area contributed by atoms with Crippen molar-refractivity contribution in [2.75, 3.05) is 26.2 Å². The van der Waals surface area contributed by atoms with Crippen molar-refractivity contribution in [2.45, 2.75) is 32.2 Å². The minimum absolute atomic E-state index is 0. The number of nitrogens with one attached hydrogen (secondary N) is 1. The van der Waals surface area contributed by atoms with Crippen LogP contribution < -0.4 is 5.32 Å². The SMILES string of the molecule is CC1CCN(CC2CCNCC2)C1c1cccc(F)c1.Cl. The smallest absolute Gasteiger partial charge is 0.123 e. The lowest BCUT2D eigenvalue weighted by Gasteiger charge is -2.32. The molecule has 1 aromatic carbocycles. The highest BCUT2D eigenvalue weighted by molar-refractivity contribution is 5.85. The fourth-order valence-corrected chi connectivity index (χ4v) is 3.86. The fraction of sp³-hybridized carbons (Fsp3) is 0.647. The molecule has 2 saturated heterocycles. The maximum absolute atomic E-state index is 13.5. The number of nitrogens with zero attached hydrogens (tertiary/aromatic N) is 1. The molecule has 0 saturated carbocycles. The van der Waals surface area contributed by atoms with Crippen molar-refractivity contribution in [3.63, 3.8) is 0 Å². The highest BCUT2D eigenvalue weighted by Gasteiger charge is 2.33. The van der Waals surface area contributed by atoms with Crippen molar-refractivity contribution in [3.05, 3.63) is 35.6 Å². The van der Waals surface area contributed by atoms with Gasteiger partial charge in [-0.15, -0.1) is 12.4 Å². The number of piperidine rings is 1. The summed E-state index contributed by atoms with van der Waals surface area (Å²) >= 11 is 0. The molecule has 2 aliphatic rings. The van der Waals surface area contributed by atoms with Gasteiger partial charge in [-0.1, -0.05) is 19.1 Å². The molecule has 0 amide bonds. The molecule has 2 atom stereocenters. The maximum Gasteiger partial charge on any atom is 0.123 e. The van der Waals surface area contributed by atoms with Crippen LogP contribution in [0, 0.1) is 17.7 Å². The first-order valence-corrected chi connectivity index (χ1v) is 7.94. The average Bonchev–Trinajstić information content (AvgIpc) is 2.81. The molecule has 0 aliphatic carbocycles. The van der Waals surface area contributed by atoms with Crippen LogP contribution in [0.15, 0.2) is 24.3 Å². The zero-order chi connectivity index (χ0) is 13.9. The Labute approximate surface area is 133 Å². The Bertz CT molecular complexity index is 448. The van der Waals surface area contributed by atoms with Gasteiger partial charge in [-0.25, -0.2) is 4.39 Å². The summed E-state index contributed by atoms with van der Waals surface area (Å²) in [5.74, 6) is 1.32. The van der Waals surface area contributed by atoms with Crippen LogP contribution in [0.4, 0.5) is 4.39 Å². The van der Waals surface area contributed by atoms with Gasteiger partial charge in [-0.3, -0.25) is 4.90 Å². The zero-order valence-electron chi connectivity index (χ0n) is 12.7. The summed E-state index contributed by atoms with van der Waals surface area (Å²) in [6, 6.07) is 7.60. The predicted molar refractivity (Wildman–Crippen MR) is 87.3 cm³/mol. The first-order valence-electron chi connectivity index (χ1n) is 7.94. The summed E-state index contributed by atoms with van der Waals surface area (Å²) in [4.78, 5) is 2.59. The molecule has 2 nitrogen and oxygen atoms in total. The van der Waals surface area contributed by atoms with E-state index in [1.807, 2.05) is 6.07 Å². The Balaban J connectivity index is 0.00000161. The van der Waals surface area contributed by atoms with Crippen molar-refractivity contribution < 1.29 is 4.39 Å². The van der Waals surface area contributed by atoms with E-state index in [1.165, 1.54) is 25.8 Å². The molecular formula is C17H26ClFN2. The third-order valence-electron chi connectivity index (χ3n) is 4.95. The summed E-state index contributed by atoms with van der Waals surface area (Å²) in [5, 5.41) is 3.43. The lowest BCUT2D eigenvalue weighted by Crippen LogP contribution is -2.36. The van der Waals surface area contributed by atoms with Crippen molar-refractivity contribution in [3.8, 4) is 0 Å². The summed E-state index contributed by atoms with van der Waals surface area (Å²) in [5.41, 5.74) is 1.16. The number of benzene rings is 1. The minimum Gasteiger partial charge on any atom is -0.317 e. The Morgan fingerprint density at radius 3 is 2.71 bits per heavy atom. The first kappa shape index (κ1) is 16.7. The highest BCUT2D eigenvalue weighted by Crippen LogP contribution is 2.38. The van der Waals surface area contributed by atoms with E-state index < -0.39 is 0 Å². The maximum atomic E-state index is 13.5. The zero-order valence-corrected chi connectivity index (χ0v) is 13.5. The van der Waals surface area contributed by atoms with Gasteiger partial charge in [0.05, 0.1) is 0 Å². The summed E-state index contributed by atoms with van der Waals surface area (Å²) < 4.78 is 13.5. The van der Waals surface area contributed by atoms with E-state index in [4.69, 9.17) is 0 Å². The van der Waals surface area contributed by atoms with Gasteiger partial charge in [-0.2, -0.15) is 0 Å². The predicted octanol–water partition coefficient (Wildman–Crippen LogP) is 3.63. The lowest BCUT2D eigenvalue weighted by molar-refractivity contribution is 0.179. The third kappa shape index (κ3) is 3.97. The molecule has 2 unspecified atom stereocenters. The molecule has 21 heavy (non-hydrogen) atoms. The molecule has 0 radical (unpaired) electrons. The quantitative estimate of drug-likeness (QED) is 0.917. The van der Waals surface area contributed by atoms with E-state index in [2.05, 4.69) is 23.2 Å². The van der Waals surface area contributed by atoms with Crippen LogP contribution in [0.1, 0.15) is 37.8 Å². The molecule has 4 heteroatoms. The molecule has 2 heterocycles. The van der Waals surface area contributed by atoms with E-state index in [-0.39, 0.29) is 18.2 Å². The second-order valence-electron chi connectivity index (χ2n) is 6.45. The van der Waals surface area contributed by atoms with Gasteiger partial charge in [0.1, 0.15) is 5.82 Å².